The largest absolute Gasteiger partial charge is 0.493 e. The van der Waals surface area contributed by atoms with Crippen molar-refractivity contribution in [3.63, 3.8) is 0 Å². The average molecular weight is 371 g/mol. The number of benzene rings is 1. The predicted octanol–water partition coefficient (Wildman–Crippen LogP) is 1.50. The zero-order chi connectivity index (χ0) is 18.4. The Kier molecular flexibility index (Phi) is 6.49. The summed E-state index contributed by atoms with van der Waals surface area (Å²) in [6, 6.07) is 4.82. The number of urea groups is 1. The van der Waals surface area contributed by atoms with Crippen molar-refractivity contribution in [2.45, 2.75) is 12.8 Å². The Morgan fingerprint density at radius 2 is 1.84 bits per heavy atom. The fourth-order valence-electron chi connectivity index (χ4n) is 2.77. The fraction of sp³-hybridized carbons (Fsp3) is 0.562. The monoisotopic (exact) mass is 371 g/mol. The van der Waals surface area contributed by atoms with Crippen LogP contribution in [0.25, 0.3) is 0 Å². The van der Waals surface area contributed by atoms with Crippen molar-refractivity contribution in [1.29, 1.82) is 0 Å². The molecule has 0 spiro atoms. The van der Waals surface area contributed by atoms with Crippen LogP contribution in [0.3, 0.4) is 0 Å². The van der Waals surface area contributed by atoms with Gasteiger partial charge in [-0.2, -0.15) is 0 Å². The molecule has 1 fully saturated rings. The van der Waals surface area contributed by atoms with Crippen LogP contribution in [0, 0.1) is 5.92 Å². The summed E-state index contributed by atoms with van der Waals surface area (Å²) in [5, 5.41) is 5.58. The number of anilines is 1. The van der Waals surface area contributed by atoms with E-state index in [1.54, 1.807) is 25.3 Å². The van der Waals surface area contributed by atoms with Crippen molar-refractivity contribution in [3.8, 4) is 11.5 Å². The molecule has 0 aromatic heterocycles. The summed E-state index contributed by atoms with van der Waals surface area (Å²) in [6.07, 6.45) is 2.70. The lowest BCUT2D eigenvalue weighted by molar-refractivity contribution is 0.241. The van der Waals surface area contributed by atoms with Crippen LogP contribution in [-0.2, 0) is 10.0 Å². The van der Waals surface area contributed by atoms with Gasteiger partial charge in [0.05, 0.1) is 20.5 Å². The van der Waals surface area contributed by atoms with Crippen LogP contribution in [0.15, 0.2) is 18.2 Å². The maximum Gasteiger partial charge on any atom is 0.319 e. The molecule has 8 nitrogen and oxygen atoms in total. The van der Waals surface area contributed by atoms with E-state index in [4.69, 9.17) is 9.47 Å². The van der Waals surface area contributed by atoms with Crippen molar-refractivity contribution in [2.75, 3.05) is 45.4 Å². The standard InChI is InChI=1S/C16H25N3O5S/c1-23-14-5-4-13(10-15(14)24-2)18-16(20)17-11-12-6-8-19(9-7-12)25(3,21)22/h4-5,10,12H,6-9,11H2,1-3H3,(H2,17,18,20). The van der Waals surface area contributed by atoms with E-state index >= 15 is 0 Å². The number of sulfonamides is 1. The maximum absolute atomic E-state index is 12.0. The minimum Gasteiger partial charge on any atom is -0.493 e. The summed E-state index contributed by atoms with van der Waals surface area (Å²) in [6.45, 7) is 1.52. The zero-order valence-electron chi connectivity index (χ0n) is 14.7. The van der Waals surface area contributed by atoms with Crippen LogP contribution < -0.4 is 20.1 Å². The van der Waals surface area contributed by atoms with Gasteiger partial charge < -0.3 is 20.1 Å². The number of hydrogen-bond acceptors (Lipinski definition) is 5. The molecule has 1 aromatic rings. The quantitative estimate of drug-likeness (QED) is 0.790. The van der Waals surface area contributed by atoms with Crippen LogP contribution in [-0.4, -0.2) is 58.9 Å². The van der Waals surface area contributed by atoms with Gasteiger partial charge in [0.1, 0.15) is 0 Å². The van der Waals surface area contributed by atoms with E-state index in [9.17, 15) is 13.2 Å². The summed E-state index contributed by atoms with van der Waals surface area (Å²) >= 11 is 0. The highest BCUT2D eigenvalue weighted by atomic mass is 32.2. The Labute approximate surface area is 148 Å². The van der Waals surface area contributed by atoms with Crippen molar-refractivity contribution in [2.24, 2.45) is 5.92 Å². The summed E-state index contributed by atoms with van der Waals surface area (Å²) in [5.74, 6) is 1.40. The van der Waals surface area contributed by atoms with E-state index < -0.39 is 10.0 Å². The molecule has 1 aliphatic rings. The van der Waals surface area contributed by atoms with Crippen LogP contribution in [0.1, 0.15) is 12.8 Å². The lowest BCUT2D eigenvalue weighted by Gasteiger charge is -2.30. The number of carbonyl (C=O) groups is 1. The second-order valence-corrected chi connectivity index (χ2v) is 7.99. The Morgan fingerprint density at radius 1 is 1.20 bits per heavy atom. The van der Waals surface area contributed by atoms with E-state index in [1.165, 1.54) is 17.7 Å². The predicted molar refractivity (Wildman–Crippen MR) is 95.7 cm³/mol. The molecule has 0 unspecified atom stereocenters. The molecule has 2 N–H and O–H groups in total. The van der Waals surface area contributed by atoms with Gasteiger partial charge in [0.2, 0.25) is 10.0 Å². The minimum absolute atomic E-state index is 0.272. The molecule has 0 radical (unpaired) electrons. The molecule has 9 heteroatoms. The van der Waals surface area contributed by atoms with Crippen LogP contribution in [0.2, 0.25) is 0 Å². The Hall–Kier alpha value is -2.00. The van der Waals surface area contributed by atoms with Crippen molar-refractivity contribution in [3.05, 3.63) is 18.2 Å². The second-order valence-electron chi connectivity index (χ2n) is 6.01. The molecule has 140 valence electrons. The summed E-state index contributed by atoms with van der Waals surface area (Å²) in [4.78, 5) is 12.0. The Morgan fingerprint density at radius 3 is 2.40 bits per heavy atom. The molecule has 0 saturated carbocycles. The van der Waals surface area contributed by atoms with Crippen LogP contribution >= 0.6 is 0 Å². The minimum atomic E-state index is -3.12. The number of nitrogens with zero attached hydrogens (tertiary/aromatic N) is 1. The number of piperidine rings is 1. The number of ether oxygens (including phenoxy) is 2. The SMILES string of the molecule is COc1ccc(NC(=O)NCC2CCN(S(C)(=O)=O)CC2)cc1OC. The highest BCUT2D eigenvalue weighted by molar-refractivity contribution is 7.88. The van der Waals surface area contributed by atoms with E-state index in [0.717, 1.165) is 12.8 Å². The summed E-state index contributed by atoms with van der Waals surface area (Å²) in [5.41, 5.74) is 0.599. The van der Waals surface area contributed by atoms with Gasteiger partial charge in [0, 0.05) is 31.4 Å². The summed E-state index contributed by atoms with van der Waals surface area (Å²) < 4.78 is 34.8. The Balaban J connectivity index is 1.80. The molecule has 0 bridgehead atoms. The Bertz CT molecular complexity index is 700. The zero-order valence-corrected chi connectivity index (χ0v) is 15.6. The number of carbonyl (C=O) groups excluding carboxylic acids is 1. The first-order valence-corrected chi connectivity index (χ1v) is 9.90. The molecule has 1 aromatic carbocycles. The lowest BCUT2D eigenvalue weighted by Crippen LogP contribution is -2.41. The fourth-order valence-corrected chi connectivity index (χ4v) is 3.65. The summed E-state index contributed by atoms with van der Waals surface area (Å²) in [7, 11) is -0.0415. The number of methoxy groups -OCH3 is 2. The van der Waals surface area contributed by atoms with Crippen molar-refractivity contribution in [1.82, 2.24) is 9.62 Å². The first-order valence-electron chi connectivity index (χ1n) is 8.05. The van der Waals surface area contributed by atoms with E-state index in [2.05, 4.69) is 10.6 Å². The normalized spacial score (nSPS) is 16.3. The van der Waals surface area contributed by atoms with E-state index in [1.807, 2.05) is 0 Å². The van der Waals surface area contributed by atoms with Crippen molar-refractivity contribution < 1.29 is 22.7 Å². The average Bonchev–Trinajstić information content (AvgIpc) is 2.59. The third-order valence-electron chi connectivity index (χ3n) is 4.24. The van der Waals surface area contributed by atoms with Gasteiger partial charge in [-0.25, -0.2) is 17.5 Å². The second kappa shape index (κ2) is 8.39. The molecule has 25 heavy (non-hydrogen) atoms. The number of amides is 2. The third-order valence-corrected chi connectivity index (χ3v) is 5.54. The van der Waals surface area contributed by atoms with Gasteiger partial charge in [-0.05, 0) is 30.9 Å². The molecular formula is C16H25N3O5S. The first-order chi connectivity index (χ1) is 11.8. The lowest BCUT2D eigenvalue weighted by atomic mass is 9.98. The van der Waals surface area contributed by atoms with Crippen LogP contribution in [0.4, 0.5) is 10.5 Å². The molecular weight excluding hydrogens is 346 g/mol. The molecule has 0 atom stereocenters. The highest BCUT2D eigenvalue weighted by Crippen LogP contribution is 2.29. The molecule has 1 saturated heterocycles. The number of nitrogens with one attached hydrogen (secondary N) is 2. The molecule has 2 rings (SSSR count). The molecule has 2 amide bonds. The number of rotatable bonds is 6. The topological polar surface area (TPSA) is 97.0 Å². The first kappa shape index (κ1) is 19.3. The van der Waals surface area contributed by atoms with Gasteiger partial charge in [0.15, 0.2) is 11.5 Å². The van der Waals surface area contributed by atoms with E-state index in [0.29, 0.717) is 36.8 Å². The van der Waals surface area contributed by atoms with Crippen molar-refractivity contribution >= 4 is 21.7 Å². The van der Waals surface area contributed by atoms with Gasteiger partial charge in [-0.3, -0.25) is 0 Å². The number of hydrogen-bond donors (Lipinski definition) is 2. The third kappa shape index (κ3) is 5.50. The molecule has 1 heterocycles. The highest BCUT2D eigenvalue weighted by Gasteiger charge is 2.25. The van der Waals surface area contributed by atoms with E-state index in [-0.39, 0.29) is 11.9 Å². The van der Waals surface area contributed by atoms with Gasteiger partial charge >= 0.3 is 6.03 Å². The van der Waals surface area contributed by atoms with Gasteiger partial charge in [-0.15, -0.1) is 0 Å². The maximum atomic E-state index is 12.0. The van der Waals surface area contributed by atoms with Gasteiger partial charge in [0.25, 0.3) is 0 Å². The smallest absolute Gasteiger partial charge is 0.319 e. The molecule has 0 aliphatic carbocycles. The molecule has 1 aliphatic heterocycles. The van der Waals surface area contributed by atoms with Gasteiger partial charge in [-0.1, -0.05) is 0 Å². The van der Waals surface area contributed by atoms with Crippen LogP contribution in [0.5, 0.6) is 11.5 Å².